The molecule has 4 rings (SSSR count). The van der Waals surface area contributed by atoms with Gasteiger partial charge in [-0.2, -0.15) is 0 Å². The van der Waals surface area contributed by atoms with Crippen molar-refractivity contribution in [3.8, 4) is 11.1 Å². The fraction of sp³-hybridized carbons (Fsp3) is 0.143. The molecule has 3 aromatic carbocycles. The van der Waals surface area contributed by atoms with Gasteiger partial charge in [0, 0.05) is 10.1 Å². The molecular formula is C21H18S. The molecule has 3 aromatic rings. The smallest absolute Gasteiger partial charge is 0.0347 e. The summed E-state index contributed by atoms with van der Waals surface area (Å²) in [5, 5.41) is 0.583. The second-order valence-electron chi connectivity index (χ2n) is 5.74. The Labute approximate surface area is 136 Å². The van der Waals surface area contributed by atoms with Crippen molar-refractivity contribution in [3.05, 3.63) is 90.0 Å². The lowest BCUT2D eigenvalue weighted by molar-refractivity contribution is 0.772. The van der Waals surface area contributed by atoms with E-state index in [9.17, 15) is 0 Å². The van der Waals surface area contributed by atoms with Crippen LogP contribution in [0.4, 0.5) is 0 Å². The van der Waals surface area contributed by atoms with E-state index in [2.05, 4.69) is 78.9 Å². The molecule has 108 valence electrons. The first-order valence-corrected chi connectivity index (χ1v) is 8.68. The highest BCUT2D eigenvalue weighted by Crippen LogP contribution is 2.44. The number of hydrogen-bond acceptors (Lipinski definition) is 1. The van der Waals surface area contributed by atoms with Crippen molar-refractivity contribution < 1.29 is 0 Å². The molecule has 0 radical (unpaired) electrons. The first kappa shape index (κ1) is 13.7. The Morgan fingerprint density at radius 3 is 2.18 bits per heavy atom. The Kier molecular flexibility index (Phi) is 3.74. The topological polar surface area (TPSA) is 0 Å². The number of thioether (sulfide) groups is 1. The highest BCUT2D eigenvalue weighted by molar-refractivity contribution is 7.99. The van der Waals surface area contributed by atoms with E-state index < -0.39 is 0 Å². The average molecular weight is 302 g/mol. The van der Waals surface area contributed by atoms with E-state index in [0.717, 1.165) is 0 Å². The summed E-state index contributed by atoms with van der Waals surface area (Å²) < 4.78 is 0. The van der Waals surface area contributed by atoms with Crippen molar-refractivity contribution in [2.75, 3.05) is 0 Å². The van der Waals surface area contributed by atoms with E-state index in [1.807, 2.05) is 11.8 Å². The van der Waals surface area contributed by atoms with Gasteiger partial charge in [-0.1, -0.05) is 72.8 Å². The van der Waals surface area contributed by atoms with E-state index in [1.54, 1.807) is 0 Å². The molecular weight excluding hydrogens is 284 g/mol. The van der Waals surface area contributed by atoms with Gasteiger partial charge in [0.25, 0.3) is 0 Å². The van der Waals surface area contributed by atoms with Gasteiger partial charge in [0.2, 0.25) is 0 Å². The molecule has 0 amide bonds. The zero-order chi connectivity index (χ0) is 14.8. The van der Waals surface area contributed by atoms with Crippen molar-refractivity contribution in [2.45, 2.75) is 23.0 Å². The highest BCUT2D eigenvalue weighted by Gasteiger charge is 2.20. The zero-order valence-corrected chi connectivity index (χ0v) is 13.2. The number of benzene rings is 3. The van der Waals surface area contributed by atoms with Crippen LogP contribution in [0.1, 0.15) is 22.8 Å². The van der Waals surface area contributed by atoms with Crippen LogP contribution in [0.25, 0.3) is 11.1 Å². The minimum Gasteiger partial charge on any atom is -0.118 e. The van der Waals surface area contributed by atoms with Gasteiger partial charge in [-0.05, 0) is 41.2 Å². The Balaban J connectivity index is 1.57. The summed E-state index contributed by atoms with van der Waals surface area (Å²) in [7, 11) is 0. The number of rotatable bonds is 2. The molecule has 1 aliphatic rings. The van der Waals surface area contributed by atoms with Gasteiger partial charge in [-0.3, -0.25) is 0 Å². The molecule has 0 spiro atoms. The van der Waals surface area contributed by atoms with E-state index in [0.29, 0.717) is 5.25 Å². The molecule has 0 N–H and O–H groups in total. The third-order valence-electron chi connectivity index (χ3n) is 4.31. The van der Waals surface area contributed by atoms with Crippen LogP contribution in [-0.2, 0) is 6.42 Å². The second kappa shape index (κ2) is 6.02. The maximum Gasteiger partial charge on any atom is 0.0347 e. The van der Waals surface area contributed by atoms with Gasteiger partial charge in [0.05, 0.1) is 0 Å². The van der Waals surface area contributed by atoms with Crippen molar-refractivity contribution in [1.82, 2.24) is 0 Å². The number of hydrogen-bond donors (Lipinski definition) is 0. The van der Waals surface area contributed by atoms with E-state index in [1.165, 1.54) is 40.0 Å². The predicted octanol–water partition coefficient (Wildman–Crippen LogP) is 6.13. The molecule has 1 unspecified atom stereocenters. The van der Waals surface area contributed by atoms with Crippen molar-refractivity contribution in [3.63, 3.8) is 0 Å². The Hall–Kier alpha value is -1.99. The summed E-state index contributed by atoms with van der Waals surface area (Å²) in [6.45, 7) is 0. The SMILES string of the molecule is c1ccc(-c2ccc(C3CCc4ccccc4S3)cc2)cc1. The fourth-order valence-electron chi connectivity index (χ4n) is 3.08. The number of aryl methyl sites for hydroxylation is 1. The third-order valence-corrected chi connectivity index (χ3v) is 5.75. The molecule has 0 bridgehead atoms. The Morgan fingerprint density at radius 1 is 0.682 bits per heavy atom. The van der Waals surface area contributed by atoms with Gasteiger partial charge >= 0.3 is 0 Å². The zero-order valence-electron chi connectivity index (χ0n) is 12.4. The lowest BCUT2D eigenvalue weighted by Gasteiger charge is -2.24. The molecule has 22 heavy (non-hydrogen) atoms. The largest absolute Gasteiger partial charge is 0.118 e. The van der Waals surface area contributed by atoms with Gasteiger partial charge in [0.1, 0.15) is 0 Å². The third kappa shape index (κ3) is 2.69. The molecule has 1 heterocycles. The minimum absolute atomic E-state index is 0.583. The Bertz CT molecular complexity index is 759. The summed E-state index contributed by atoms with van der Waals surface area (Å²) in [6.07, 6.45) is 2.42. The van der Waals surface area contributed by atoms with Crippen LogP contribution in [0, 0.1) is 0 Å². The van der Waals surface area contributed by atoms with Gasteiger partial charge in [-0.25, -0.2) is 0 Å². The molecule has 1 aliphatic heterocycles. The van der Waals surface area contributed by atoms with Crippen molar-refractivity contribution in [1.29, 1.82) is 0 Å². The summed E-state index contributed by atoms with van der Waals surface area (Å²) in [6, 6.07) is 28.5. The van der Waals surface area contributed by atoms with Crippen LogP contribution in [0.5, 0.6) is 0 Å². The quantitative estimate of drug-likeness (QED) is 0.548. The van der Waals surface area contributed by atoms with Crippen LogP contribution < -0.4 is 0 Å². The normalized spacial score (nSPS) is 17.0. The summed E-state index contributed by atoms with van der Waals surface area (Å²) in [4.78, 5) is 1.45. The van der Waals surface area contributed by atoms with E-state index in [4.69, 9.17) is 0 Å². The molecule has 0 saturated carbocycles. The fourth-order valence-corrected chi connectivity index (χ4v) is 4.39. The lowest BCUT2D eigenvalue weighted by atomic mass is 9.99. The molecule has 0 nitrogen and oxygen atoms in total. The molecule has 1 heteroatoms. The van der Waals surface area contributed by atoms with Crippen LogP contribution in [-0.4, -0.2) is 0 Å². The maximum absolute atomic E-state index is 2.30. The summed E-state index contributed by atoms with van der Waals surface area (Å²) in [5.74, 6) is 0. The van der Waals surface area contributed by atoms with Crippen LogP contribution >= 0.6 is 11.8 Å². The molecule has 0 fully saturated rings. The number of fused-ring (bicyclic) bond motifs is 1. The average Bonchev–Trinajstić information content (AvgIpc) is 2.62. The van der Waals surface area contributed by atoms with Gasteiger partial charge < -0.3 is 0 Å². The van der Waals surface area contributed by atoms with Crippen molar-refractivity contribution >= 4 is 11.8 Å². The molecule has 0 aliphatic carbocycles. The van der Waals surface area contributed by atoms with Crippen molar-refractivity contribution in [2.24, 2.45) is 0 Å². The van der Waals surface area contributed by atoms with Gasteiger partial charge in [-0.15, -0.1) is 11.8 Å². The molecule has 0 aromatic heterocycles. The van der Waals surface area contributed by atoms with Crippen LogP contribution in [0.2, 0.25) is 0 Å². The van der Waals surface area contributed by atoms with E-state index in [-0.39, 0.29) is 0 Å². The first-order valence-electron chi connectivity index (χ1n) is 7.80. The predicted molar refractivity (Wildman–Crippen MR) is 95.2 cm³/mol. The first-order chi connectivity index (χ1) is 10.9. The second-order valence-corrected chi connectivity index (χ2v) is 6.99. The maximum atomic E-state index is 2.30. The lowest BCUT2D eigenvalue weighted by Crippen LogP contribution is -2.04. The minimum atomic E-state index is 0.583. The van der Waals surface area contributed by atoms with Crippen LogP contribution in [0.3, 0.4) is 0 Å². The molecule has 0 saturated heterocycles. The summed E-state index contributed by atoms with van der Waals surface area (Å²) in [5.41, 5.74) is 5.53. The standard InChI is InChI=1S/C21H18S/c1-2-6-16(7-3-1)17-10-12-19(13-11-17)21-15-14-18-8-4-5-9-20(18)22-21/h1-13,21H,14-15H2. The molecule has 1 atom stereocenters. The van der Waals surface area contributed by atoms with E-state index >= 15 is 0 Å². The highest BCUT2D eigenvalue weighted by atomic mass is 32.2. The Morgan fingerprint density at radius 2 is 1.36 bits per heavy atom. The van der Waals surface area contributed by atoms with Crippen LogP contribution in [0.15, 0.2) is 83.8 Å². The monoisotopic (exact) mass is 302 g/mol. The summed E-state index contributed by atoms with van der Waals surface area (Å²) >= 11 is 2.01. The van der Waals surface area contributed by atoms with Gasteiger partial charge in [0.15, 0.2) is 0 Å².